The molecule has 0 aromatic carbocycles. The van der Waals surface area contributed by atoms with Crippen LogP contribution in [-0.2, 0) is 4.74 Å². The summed E-state index contributed by atoms with van der Waals surface area (Å²) in [7, 11) is 0. The van der Waals surface area contributed by atoms with Gasteiger partial charge < -0.3 is 10.1 Å². The first-order chi connectivity index (χ1) is 7.91. The summed E-state index contributed by atoms with van der Waals surface area (Å²) in [6.45, 7) is 8.57. The Balaban J connectivity index is 2.83. The van der Waals surface area contributed by atoms with Crippen LogP contribution in [0.4, 0.5) is 0 Å². The van der Waals surface area contributed by atoms with Crippen molar-refractivity contribution in [1.29, 1.82) is 0 Å². The van der Waals surface area contributed by atoms with Crippen molar-refractivity contribution in [3.63, 3.8) is 0 Å². The Labute approximate surface area is 102 Å². The van der Waals surface area contributed by atoms with Gasteiger partial charge >= 0.3 is 0 Å². The molecule has 0 amide bonds. The lowest BCUT2D eigenvalue weighted by atomic mass is 10.1. The molecule has 0 radical (unpaired) electrons. The highest BCUT2D eigenvalue weighted by atomic mass is 16.5. The molecule has 0 aromatic rings. The Morgan fingerprint density at radius 1 is 0.688 bits per heavy atom. The Hall–Kier alpha value is -0.0800. The van der Waals surface area contributed by atoms with Gasteiger partial charge in [0.1, 0.15) is 0 Å². The summed E-state index contributed by atoms with van der Waals surface area (Å²) in [4.78, 5) is 0. The number of hydrogen-bond donors (Lipinski definition) is 1. The van der Waals surface area contributed by atoms with Gasteiger partial charge in [0.05, 0.1) is 0 Å². The fraction of sp³-hybridized carbons (Fsp3) is 1.00. The molecule has 0 saturated carbocycles. The van der Waals surface area contributed by atoms with Gasteiger partial charge in [0.15, 0.2) is 0 Å². The SMILES string of the molecule is CCCCCCCCOCCCNCCC. The van der Waals surface area contributed by atoms with Crippen LogP contribution in [0.1, 0.15) is 65.2 Å². The summed E-state index contributed by atoms with van der Waals surface area (Å²) in [5, 5.41) is 3.38. The Kier molecular flexibility index (Phi) is 14.8. The van der Waals surface area contributed by atoms with Crippen molar-refractivity contribution in [1.82, 2.24) is 5.32 Å². The fourth-order valence-electron chi connectivity index (χ4n) is 1.69. The summed E-state index contributed by atoms with van der Waals surface area (Å²) < 4.78 is 5.58. The van der Waals surface area contributed by atoms with Gasteiger partial charge in [-0.2, -0.15) is 0 Å². The van der Waals surface area contributed by atoms with Crippen LogP contribution < -0.4 is 5.32 Å². The number of nitrogens with one attached hydrogen (secondary N) is 1. The average molecular weight is 229 g/mol. The van der Waals surface area contributed by atoms with Crippen LogP contribution in [0.2, 0.25) is 0 Å². The van der Waals surface area contributed by atoms with Gasteiger partial charge in [-0.3, -0.25) is 0 Å². The third kappa shape index (κ3) is 13.9. The summed E-state index contributed by atoms with van der Waals surface area (Å²) in [6.07, 6.45) is 10.5. The van der Waals surface area contributed by atoms with Crippen LogP contribution in [0.25, 0.3) is 0 Å². The zero-order valence-corrected chi connectivity index (χ0v) is 11.4. The van der Waals surface area contributed by atoms with E-state index in [2.05, 4.69) is 19.2 Å². The van der Waals surface area contributed by atoms with E-state index in [1.54, 1.807) is 0 Å². The monoisotopic (exact) mass is 229 g/mol. The molecule has 0 bridgehead atoms. The van der Waals surface area contributed by atoms with Crippen molar-refractivity contribution in [2.24, 2.45) is 0 Å². The third-order valence-electron chi connectivity index (χ3n) is 2.71. The fourth-order valence-corrected chi connectivity index (χ4v) is 1.69. The molecule has 0 atom stereocenters. The summed E-state index contributed by atoms with van der Waals surface area (Å²) in [5.41, 5.74) is 0. The Morgan fingerprint density at radius 3 is 2.12 bits per heavy atom. The molecule has 98 valence electrons. The standard InChI is InChI=1S/C14H31NO/c1-3-5-6-7-8-9-13-16-14-10-12-15-11-4-2/h15H,3-14H2,1-2H3. The average Bonchev–Trinajstić information content (AvgIpc) is 2.31. The molecule has 0 saturated heterocycles. The van der Waals surface area contributed by atoms with Crippen molar-refractivity contribution in [3.8, 4) is 0 Å². The van der Waals surface area contributed by atoms with E-state index in [1.807, 2.05) is 0 Å². The van der Waals surface area contributed by atoms with Crippen LogP contribution in [0.5, 0.6) is 0 Å². The second-order valence-electron chi connectivity index (χ2n) is 4.48. The predicted molar refractivity (Wildman–Crippen MR) is 72.0 cm³/mol. The van der Waals surface area contributed by atoms with Crippen molar-refractivity contribution in [3.05, 3.63) is 0 Å². The largest absolute Gasteiger partial charge is 0.381 e. The molecule has 0 fully saturated rings. The maximum Gasteiger partial charge on any atom is 0.0478 e. The molecule has 0 aromatic heterocycles. The van der Waals surface area contributed by atoms with E-state index in [1.165, 1.54) is 44.9 Å². The maximum atomic E-state index is 5.58. The van der Waals surface area contributed by atoms with E-state index in [0.29, 0.717) is 0 Å². The van der Waals surface area contributed by atoms with Gasteiger partial charge in [0.25, 0.3) is 0 Å². The zero-order valence-electron chi connectivity index (χ0n) is 11.4. The van der Waals surface area contributed by atoms with E-state index in [0.717, 1.165) is 32.7 Å². The van der Waals surface area contributed by atoms with Gasteiger partial charge in [-0.05, 0) is 32.4 Å². The first kappa shape index (κ1) is 15.9. The molecule has 0 heterocycles. The van der Waals surface area contributed by atoms with Crippen LogP contribution in [0.3, 0.4) is 0 Å². The molecule has 0 unspecified atom stereocenters. The number of hydrogen-bond acceptors (Lipinski definition) is 2. The van der Waals surface area contributed by atoms with Crippen molar-refractivity contribution < 1.29 is 4.74 Å². The molecule has 2 heteroatoms. The highest BCUT2D eigenvalue weighted by Crippen LogP contribution is 2.04. The van der Waals surface area contributed by atoms with Crippen LogP contribution in [0, 0.1) is 0 Å². The van der Waals surface area contributed by atoms with Crippen LogP contribution >= 0.6 is 0 Å². The number of ether oxygens (including phenoxy) is 1. The topological polar surface area (TPSA) is 21.3 Å². The summed E-state index contributed by atoms with van der Waals surface area (Å²) in [5.74, 6) is 0. The minimum atomic E-state index is 0.922. The van der Waals surface area contributed by atoms with E-state index >= 15 is 0 Å². The van der Waals surface area contributed by atoms with Crippen LogP contribution in [-0.4, -0.2) is 26.3 Å². The van der Waals surface area contributed by atoms with E-state index in [-0.39, 0.29) is 0 Å². The van der Waals surface area contributed by atoms with Crippen LogP contribution in [0.15, 0.2) is 0 Å². The highest BCUT2D eigenvalue weighted by Gasteiger charge is 1.91. The van der Waals surface area contributed by atoms with E-state index < -0.39 is 0 Å². The molecule has 16 heavy (non-hydrogen) atoms. The quantitative estimate of drug-likeness (QED) is 0.486. The minimum Gasteiger partial charge on any atom is -0.381 e. The normalized spacial score (nSPS) is 10.9. The second-order valence-corrected chi connectivity index (χ2v) is 4.48. The van der Waals surface area contributed by atoms with Crippen molar-refractivity contribution >= 4 is 0 Å². The molecule has 0 aliphatic heterocycles. The molecular formula is C14H31NO. The molecule has 0 spiro atoms. The lowest BCUT2D eigenvalue weighted by molar-refractivity contribution is 0.127. The number of unbranched alkanes of at least 4 members (excludes halogenated alkanes) is 5. The molecule has 0 rings (SSSR count). The zero-order chi connectivity index (χ0) is 11.9. The molecule has 1 N–H and O–H groups in total. The highest BCUT2D eigenvalue weighted by molar-refractivity contribution is 4.46. The smallest absolute Gasteiger partial charge is 0.0478 e. The molecule has 0 aliphatic carbocycles. The first-order valence-electron chi connectivity index (χ1n) is 7.20. The van der Waals surface area contributed by atoms with Crippen molar-refractivity contribution in [2.45, 2.75) is 65.2 Å². The maximum absolute atomic E-state index is 5.58. The lowest BCUT2D eigenvalue weighted by Crippen LogP contribution is -2.17. The number of rotatable bonds is 13. The van der Waals surface area contributed by atoms with Gasteiger partial charge in [-0.25, -0.2) is 0 Å². The van der Waals surface area contributed by atoms with E-state index in [9.17, 15) is 0 Å². The van der Waals surface area contributed by atoms with Gasteiger partial charge in [0.2, 0.25) is 0 Å². The minimum absolute atomic E-state index is 0.922. The Bertz CT molecular complexity index is 103. The summed E-state index contributed by atoms with van der Waals surface area (Å²) >= 11 is 0. The Morgan fingerprint density at radius 2 is 1.38 bits per heavy atom. The van der Waals surface area contributed by atoms with Crippen molar-refractivity contribution in [2.75, 3.05) is 26.3 Å². The predicted octanol–water partition coefficient (Wildman–Crippen LogP) is 3.75. The molecular weight excluding hydrogens is 198 g/mol. The van der Waals surface area contributed by atoms with Gasteiger partial charge in [0, 0.05) is 13.2 Å². The third-order valence-corrected chi connectivity index (χ3v) is 2.71. The lowest BCUT2D eigenvalue weighted by Gasteiger charge is -2.05. The van der Waals surface area contributed by atoms with Gasteiger partial charge in [-0.1, -0.05) is 46.0 Å². The molecule has 2 nitrogen and oxygen atoms in total. The van der Waals surface area contributed by atoms with Gasteiger partial charge in [-0.15, -0.1) is 0 Å². The van der Waals surface area contributed by atoms with E-state index in [4.69, 9.17) is 4.74 Å². The molecule has 0 aliphatic rings. The second kappa shape index (κ2) is 14.9. The summed E-state index contributed by atoms with van der Waals surface area (Å²) in [6, 6.07) is 0. The first-order valence-corrected chi connectivity index (χ1v) is 7.20.